The summed E-state index contributed by atoms with van der Waals surface area (Å²) in [4.78, 5) is 26.1. The van der Waals surface area contributed by atoms with Crippen molar-refractivity contribution in [2.75, 3.05) is 18.5 Å². The van der Waals surface area contributed by atoms with Gasteiger partial charge in [-0.1, -0.05) is 0 Å². The Balaban J connectivity index is 1.52. The van der Waals surface area contributed by atoms with Crippen LogP contribution in [0.4, 0.5) is 16.0 Å². The van der Waals surface area contributed by atoms with E-state index >= 15 is 0 Å². The molecule has 10 heteroatoms. The van der Waals surface area contributed by atoms with Crippen molar-refractivity contribution >= 4 is 22.8 Å². The molecule has 9 nitrogen and oxygen atoms in total. The van der Waals surface area contributed by atoms with E-state index in [2.05, 4.69) is 20.3 Å². The van der Waals surface area contributed by atoms with Crippen LogP contribution < -0.4 is 11.0 Å². The number of nitrogens with one attached hydrogen (secondary N) is 1. The van der Waals surface area contributed by atoms with E-state index in [0.717, 1.165) is 18.4 Å². The number of fused-ring (bicyclic) bond motifs is 1. The van der Waals surface area contributed by atoms with Gasteiger partial charge in [-0.25, -0.2) is 19.2 Å². The lowest BCUT2D eigenvalue weighted by molar-refractivity contribution is 0.0695. The molecule has 1 N–H and O–H groups in total. The molecule has 1 fully saturated rings. The number of imidazole rings is 2. The molecule has 3 aromatic heterocycles. The zero-order chi connectivity index (χ0) is 22.4. The third-order valence-corrected chi connectivity index (χ3v) is 5.93. The van der Waals surface area contributed by atoms with E-state index in [1.165, 1.54) is 6.07 Å². The molecule has 4 heterocycles. The Kier molecular flexibility index (Phi) is 5.01. The predicted molar refractivity (Wildman–Crippen MR) is 118 cm³/mol. The Morgan fingerprint density at radius 2 is 1.97 bits per heavy atom. The van der Waals surface area contributed by atoms with E-state index in [1.807, 2.05) is 14.0 Å². The Bertz CT molecular complexity index is 1360. The second-order valence-electron chi connectivity index (χ2n) is 8.15. The van der Waals surface area contributed by atoms with Crippen LogP contribution >= 0.6 is 0 Å². The first-order valence-electron chi connectivity index (χ1n) is 10.5. The minimum absolute atomic E-state index is 0.0273. The molecule has 0 radical (unpaired) electrons. The van der Waals surface area contributed by atoms with Crippen molar-refractivity contribution in [2.24, 2.45) is 14.1 Å². The number of anilines is 2. The molecule has 0 bridgehead atoms. The number of benzene rings is 1. The van der Waals surface area contributed by atoms with Crippen molar-refractivity contribution in [1.29, 1.82) is 0 Å². The smallest absolute Gasteiger partial charge is 0.330 e. The second-order valence-corrected chi connectivity index (χ2v) is 8.15. The molecule has 0 amide bonds. The van der Waals surface area contributed by atoms with Crippen LogP contribution in [0.1, 0.15) is 24.4 Å². The van der Waals surface area contributed by atoms with Crippen LogP contribution in [0.15, 0.2) is 35.6 Å². The topological polar surface area (TPSA) is 91.8 Å². The van der Waals surface area contributed by atoms with Crippen molar-refractivity contribution < 1.29 is 9.13 Å². The van der Waals surface area contributed by atoms with Gasteiger partial charge in [-0.15, -0.1) is 0 Å². The Morgan fingerprint density at radius 1 is 1.19 bits per heavy atom. The molecule has 5 rings (SSSR count). The number of nitrogens with zero attached hydrogens (tertiary/aromatic N) is 6. The van der Waals surface area contributed by atoms with Gasteiger partial charge in [-0.3, -0.25) is 9.13 Å². The standard InChI is InChI=1S/C22H24FN7O2/c1-13-8-15(18-11-28(2)12-25-18)16(23)9-17(13)26-21-24-10-19-20(27-21)30(22(31)29(19)3)14-4-6-32-7-5-14/h8-12,14H,4-7H2,1-3H3,(H,24,26,27). The van der Waals surface area contributed by atoms with Crippen LogP contribution in [0, 0.1) is 12.7 Å². The molecule has 1 aliphatic heterocycles. The molecule has 32 heavy (non-hydrogen) atoms. The summed E-state index contributed by atoms with van der Waals surface area (Å²) in [7, 11) is 3.56. The molecule has 0 atom stereocenters. The maximum atomic E-state index is 14.9. The zero-order valence-electron chi connectivity index (χ0n) is 18.2. The number of ether oxygens (including phenoxy) is 1. The van der Waals surface area contributed by atoms with E-state index in [0.29, 0.717) is 47.3 Å². The van der Waals surface area contributed by atoms with Crippen molar-refractivity contribution in [2.45, 2.75) is 25.8 Å². The van der Waals surface area contributed by atoms with Gasteiger partial charge in [0.05, 0.1) is 18.2 Å². The molecule has 0 spiro atoms. The summed E-state index contributed by atoms with van der Waals surface area (Å²) in [5.74, 6) is -0.0892. The van der Waals surface area contributed by atoms with Crippen LogP contribution in [0.3, 0.4) is 0 Å². The van der Waals surface area contributed by atoms with E-state index < -0.39 is 5.82 Å². The number of aromatic nitrogens is 6. The summed E-state index contributed by atoms with van der Waals surface area (Å²) in [6.07, 6.45) is 6.54. The van der Waals surface area contributed by atoms with Crippen molar-refractivity contribution in [3.8, 4) is 11.3 Å². The Hall–Kier alpha value is -3.53. The summed E-state index contributed by atoms with van der Waals surface area (Å²) < 4.78 is 25.4. The average molecular weight is 437 g/mol. The average Bonchev–Trinajstić information content (AvgIpc) is 3.32. The summed E-state index contributed by atoms with van der Waals surface area (Å²) in [5.41, 5.74) is 3.47. The van der Waals surface area contributed by atoms with Gasteiger partial charge in [-0.05, 0) is 37.5 Å². The Labute approximate surface area is 183 Å². The number of aryl methyl sites for hydroxylation is 3. The summed E-state index contributed by atoms with van der Waals surface area (Å²) >= 11 is 0. The van der Waals surface area contributed by atoms with Crippen LogP contribution in [0.2, 0.25) is 0 Å². The first-order chi connectivity index (χ1) is 15.4. The predicted octanol–water partition coefficient (Wildman–Crippen LogP) is 3.07. The maximum absolute atomic E-state index is 14.9. The van der Waals surface area contributed by atoms with Gasteiger partial charge in [0, 0.05) is 50.8 Å². The van der Waals surface area contributed by atoms with Gasteiger partial charge in [0.2, 0.25) is 5.95 Å². The highest BCUT2D eigenvalue weighted by molar-refractivity contribution is 5.74. The van der Waals surface area contributed by atoms with Gasteiger partial charge >= 0.3 is 5.69 Å². The van der Waals surface area contributed by atoms with Gasteiger partial charge in [-0.2, -0.15) is 4.98 Å². The van der Waals surface area contributed by atoms with E-state index in [4.69, 9.17) is 4.74 Å². The third-order valence-electron chi connectivity index (χ3n) is 5.93. The summed E-state index contributed by atoms with van der Waals surface area (Å²) in [6.45, 7) is 3.11. The first-order valence-corrected chi connectivity index (χ1v) is 10.5. The largest absolute Gasteiger partial charge is 0.381 e. The fourth-order valence-corrected chi connectivity index (χ4v) is 4.15. The van der Waals surface area contributed by atoms with Gasteiger partial charge < -0.3 is 14.6 Å². The molecule has 1 saturated heterocycles. The highest BCUT2D eigenvalue weighted by Gasteiger charge is 2.23. The molecule has 1 aromatic carbocycles. The molecule has 0 unspecified atom stereocenters. The molecule has 1 aliphatic rings. The molecule has 166 valence electrons. The lowest BCUT2D eigenvalue weighted by atomic mass is 10.1. The Morgan fingerprint density at radius 3 is 2.69 bits per heavy atom. The lowest BCUT2D eigenvalue weighted by Crippen LogP contribution is -2.30. The number of hydrogen-bond donors (Lipinski definition) is 1. The van der Waals surface area contributed by atoms with E-state index in [-0.39, 0.29) is 11.7 Å². The number of hydrogen-bond acceptors (Lipinski definition) is 6. The monoisotopic (exact) mass is 437 g/mol. The third kappa shape index (κ3) is 3.46. The first kappa shape index (κ1) is 20.4. The second kappa shape index (κ2) is 7.86. The number of rotatable bonds is 4. The van der Waals surface area contributed by atoms with E-state index in [9.17, 15) is 9.18 Å². The van der Waals surface area contributed by atoms with Crippen molar-refractivity contribution in [1.82, 2.24) is 28.7 Å². The SMILES string of the molecule is Cc1cc(-c2cn(C)cn2)c(F)cc1Nc1ncc2c(n1)n(C1CCOCC1)c(=O)n2C. The maximum Gasteiger partial charge on any atom is 0.330 e. The summed E-state index contributed by atoms with van der Waals surface area (Å²) in [5, 5.41) is 3.11. The highest BCUT2D eigenvalue weighted by Crippen LogP contribution is 2.29. The van der Waals surface area contributed by atoms with Crippen LogP contribution in [-0.4, -0.2) is 41.9 Å². The minimum Gasteiger partial charge on any atom is -0.381 e. The minimum atomic E-state index is -0.392. The van der Waals surface area contributed by atoms with Gasteiger partial charge in [0.25, 0.3) is 0 Å². The van der Waals surface area contributed by atoms with Crippen molar-refractivity contribution in [3.05, 3.63) is 52.7 Å². The normalized spacial score (nSPS) is 14.9. The zero-order valence-corrected chi connectivity index (χ0v) is 18.2. The lowest BCUT2D eigenvalue weighted by Gasteiger charge is -2.22. The molecule has 0 aliphatic carbocycles. The quantitative estimate of drug-likeness (QED) is 0.528. The molecular weight excluding hydrogens is 413 g/mol. The number of halogens is 1. The summed E-state index contributed by atoms with van der Waals surface area (Å²) in [6, 6.07) is 3.20. The van der Waals surface area contributed by atoms with Crippen LogP contribution in [0.25, 0.3) is 22.4 Å². The highest BCUT2D eigenvalue weighted by atomic mass is 19.1. The fraction of sp³-hybridized carbons (Fsp3) is 0.364. The van der Waals surface area contributed by atoms with E-state index in [1.54, 1.807) is 45.5 Å². The van der Waals surface area contributed by atoms with Crippen molar-refractivity contribution in [3.63, 3.8) is 0 Å². The van der Waals surface area contributed by atoms with Crippen LogP contribution in [0.5, 0.6) is 0 Å². The molecular formula is C22H24FN7O2. The van der Waals surface area contributed by atoms with Crippen LogP contribution in [-0.2, 0) is 18.8 Å². The van der Waals surface area contributed by atoms with Gasteiger partial charge in [0.1, 0.15) is 11.3 Å². The molecule has 4 aromatic rings. The van der Waals surface area contributed by atoms with Gasteiger partial charge in [0.15, 0.2) is 5.65 Å². The fourth-order valence-electron chi connectivity index (χ4n) is 4.15. The molecule has 0 saturated carbocycles.